The predicted molar refractivity (Wildman–Crippen MR) is 50.1 cm³/mol. The zero-order valence-corrected chi connectivity index (χ0v) is 7.77. The minimum atomic E-state index is 0.176. The summed E-state index contributed by atoms with van der Waals surface area (Å²) in [5.74, 6) is 0.910. The minimum Gasteiger partial charge on any atom is -0.468 e. The molecule has 0 saturated heterocycles. The zero-order valence-electron chi connectivity index (χ0n) is 7.01. The molecule has 0 spiro atoms. The zero-order chi connectivity index (χ0) is 8.97. The van der Waals surface area contributed by atoms with E-state index in [1.54, 1.807) is 6.26 Å². The smallest absolute Gasteiger partial charge is 0.120 e. The van der Waals surface area contributed by atoms with Crippen molar-refractivity contribution < 1.29 is 4.42 Å². The molecule has 0 aliphatic heterocycles. The fraction of sp³-hybridized carbons (Fsp3) is 0.333. The van der Waals surface area contributed by atoms with Crippen LogP contribution in [0.5, 0.6) is 0 Å². The maximum absolute atomic E-state index is 5.60. The van der Waals surface area contributed by atoms with E-state index >= 15 is 0 Å². The Bertz CT molecular complexity index is 243. The number of nitrogens with one attached hydrogen (secondary N) is 1. The highest BCUT2D eigenvalue weighted by atomic mass is 35.5. The van der Waals surface area contributed by atoms with Gasteiger partial charge in [0.2, 0.25) is 0 Å². The van der Waals surface area contributed by atoms with Crippen molar-refractivity contribution >= 4 is 11.6 Å². The lowest BCUT2D eigenvalue weighted by Crippen LogP contribution is -2.19. The first-order chi connectivity index (χ1) is 5.70. The first kappa shape index (κ1) is 9.36. The molecule has 0 unspecified atom stereocenters. The van der Waals surface area contributed by atoms with E-state index in [0.29, 0.717) is 11.6 Å². The van der Waals surface area contributed by atoms with Gasteiger partial charge in [-0.05, 0) is 19.1 Å². The van der Waals surface area contributed by atoms with Gasteiger partial charge in [-0.1, -0.05) is 18.2 Å². The van der Waals surface area contributed by atoms with E-state index < -0.39 is 0 Å². The van der Waals surface area contributed by atoms with Gasteiger partial charge < -0.3 is 9.73 Å². The van der Waals surface area contributed by atoms with Crippen LogP contribution in [0.15, 0.2) is 34.4 Å². The number of hydrogen-bond acceptors (Lipinski definition) is 2. The van der Waals surface area contributed by atoms with Crippen molar-refractivity contribution in [2.75, 3.05) is 6.54 Å². The largest absolute Gasteiger partial charge is 0.468 e. The summed E-state index contributed by atoms with van der Waals surface area (Å²) in [6, 6.07) is 3.97. The van der Waals surface area contributed by atoms with E-state index in [-0.39, 0.29) is 6.04 Å². The van der Waals surface area contributed by atoms with Crippen molar-refractivity contribution in [3.05, 3.63) is 35.8 Å². The molecule has 0 aromatic carbocycles. The Morgan fingerprint density at radius 3 is 3.08 bits per heavy atom. The first-order valence-corrected chi connectivity index (χ1v) is 4.18. The quantitative estimate of drug-likeness (QED) is 0.781. The molecule has 1 heterocycles. The number of rotatable bonds is 4. The average Bonchev–Trinajstić information content (AvgIpc) is 2.51. The van der Waals surface area contributed by atoms with Crippen molar-refractivity contribution in [2.24, 2.45) is 0 Å². The molecule has 0 saturated carbocycles. The second-order valence-corrected chi connectivity index (χ2v) is 3.17. The number of furan rings is 1. The van der Waals surface area contributed by atoms with Crippen LogP contribution in [0.25, 0.3) is 0 Å². The highest BCUT2D eigenvalue weighted by molar-refractivity contribution is 6.29. The van der Waals surface area contributed by atoms with Gasteiger partial charge in [-0.2, -0.15) is 0 Å². The Kier molecular flexibility index (Phi) is 3.38. The maximum atomic E-state index is 5.60. The van der Waals surface area contributed by atoms with Gasteiger partial charge in [0.25, 0.3) is 0 Å². The van der Waals surface area contributed by atoms with Gasteiger partial charge >= 0.3 is 0 Å². The normalized spacial score (nSPS) is 12.8. The second kappa shape index (κ2) is 4.33. The Labute approximate surface area is 77.2 Å². The third kappa shape index (κ3) is 2.72. The molecule has 0 aliphatic carbocycles. The summed E-state index contributed by atoms with van der Waals surface area (Å²) >= 11 is 5.60. The van der Waals surface area contributed by atoms with Gasteiger partial charge in [0.05, 0.1) is 12.3 Å². The second-order valence-electron chi connectivity index (χ2n) is 2.64. The topological polar surface area (TPSA) is 25.2 Å². The summed E-state index contributed by atoms with van der Waals surface area (Å²) in [7, 11) is 0. The van der Waals surface area contributed by atoms with Crippen LogP contribution in [0, 0.1) is 0 Å². The highest BCUT2D eigenvalue weighted by Gasteiger charge is 2.06. The highest BCUT2D eigenvalue weighted by Crippen LogP contribution is 2.12. The summed E-state index contributed by atoms with van der Waals surface area (Å²) in [5.41, 5.74) is 0. The molecule has 12 heavy (non-hydrogen) atoms. The van der Waals surface area contributed by atoms with E-state index in [2.05, 4.69) is 11.9 Å². The molecule has 1 rings (SSSR count). The van der Waals surface area contributed by atoms with Crippen LogP contribution in [0.3, 0.4) is 0 Å². The fourth-order valence-corrected chi connectivity index (χ4v) is 0.979. The van der Waals surface area contributed by atoms with Gasteiger partial charge in [0.1, 0.15) is 5.76 Å². The van der Waals surface area contributed by atoms with Gasteiger partial charge in [0.15, 0.2) is 0 Å². The number of hydrogen-bond donors (Lipinski definition) is 1. The summed E-state index contributed by atoms with van der Waals surface area (Å²) in [6.45, 7) is 6.19. The van der Waals surface area contributed by atoms with Crippen molar-refractivity contribution in [1.29, 1.82) is 0 Å². The van der Waals surface area contributed by atoms with Crippen LogP contribution in [-0.4, -0.2) is 6.54 Å². The van der Waals surface area contributed by atoms with Crippen LogP contribution >= 0.6 is 11.6 Å². The van der Waals surface area contributed by atoms with E-state index in [1.807, 2.05) is 19.1 Å². The lowest BCUT2D eigenvalue weighted by atomic mass is 10.2. The molecule has 1 aromatic rings. The molecule has 0 amide bonds. The summed E-state index contributed by atoms with van der Waals surface area (Å²) < 4.78 is 5.19. The van der Waals surface area contributed by atoms with E-state index in [9.17, 15) is 0 Å². The van der Waals surface area contributed by atoms with Gasteiger partial charge in [-0.3, -0.25) is 0 Å². The Hall–Kier alpha value is -0.730. The molecule has 1 aromatic heterocycles. The standard InChI is InChI=1S/C9H12ClNO/c1-7(10)6-11-8(2)9-4-3-5-12-9/h3-5,8,11H,1,6H2,2H3/t8-/m0/s1. The van der Waals surface area contributed by atoms with Gasteiger partial charge in [-0.15, -0.1) is 0 Å². The monoisotopic (exact) mass is 185 g/mol. The third-order valence-corrected chi connectivity index (χ3v) is 1.70. The SMILES string of the molecule is C=C(Cl)CN[C@@H](C)c1ccco1. The Balaban J connectivity index is 2.39. The van der Waals surface area contributed by atoms with Gasteiger partial charge in [-0.25, -0.2) is 0 Å². The molecule has 1 atom stereocenters. The number of halogens is 1. The molecular formula is C9H12ClNO. The van der Waals surface area contributed by atoms with Crippen molar-refractivity contribution in [3.63, 3.8) is 0 Å². The van der Waals surface area contributed by atoms with Crippen LogP contribution < -0.4 is 5.32 Å². The van der Waals surface area contributed by atoms with E-state index in [0.717, 1.165) is 5.76 Å². The summed E-state index contributed by atoms with van der Waals surface area (Å²) in [6.07, 6.45) is 1.66. The summed E-state index contributed by atoms with van der Waals surface area (Å²) in [4.78, 5) is 0. The van der Waals surface area contributed by atoms with E-state index in [1.165, 1.54) is 0 Å². The van der Waals surface area contributed by atoms with Crippen molar-refractivity contribution in [3.8, 4) is 0 Å². The first-order valence-electron chi connectivity index (χ1n) is 3.80. The minimum absolute atomic E-state index is 0.176. The molecular weight excluding hydrogens is 174 g/mol. The maximum Gasteiger partial charge on any atom is 0.120 e. The molecule has 0 aliphatic rings. The molecule has 0 bridgehead atoms. The average molecular weight is 186 g/mol. The predicted octanol–water partition coefficient (Wildman–Crippen LogP) is 2.68. The molecule has 0 fully saturated rings. The van der Waals surface area contributed by atoms with Crippen LogP contribution in [0.4, 0.5) is 0 Å². The van der Waals surface area contributed by atoms with E-state index in [4.69, 9.17) is 16.0 Å². The van der Waals surface area contributed by atoms with Crippen LogP contribution in [0.2, 0.25) is 0 Å². The molecule has 3 heteroatoms. The lowest BCUT2D eigenvalue weighted by Gasteiger charge is -2.09. The lowest BCUT2D eigenvalue weighted by molar-refractivity contribution is 0.441. The molecule has 2 nitrogen and oxygen atoms in total. The van der Waals surface area contributed by atoms with Crippen LogP contribution in [-0.2, 0) is 0 Å². The molecule has 0 radical (unpaired) electrons. The van der Waals surface area contributed by atoms with Crippen LogP contribution in [0.1, 0.15) is 18.7 Å². The summed E-state index contributed by atoms with van der Waals surface area (Å²) in [5, 5.41) is 3.76. The van der Waals surface area contributed by atoms with Gasteiger partial charge in [0, 0.05) is 11.6 Å². The molecule has 66 valence electrons. The Morgan fingerprint density at radius 1 is 1.83 bits per heavy atom. The fourth-order valence-electron chi connectivity index (χ4n) is 0.902. The molecule has 1 N–H and O–H groups in total. The Morgan fingerprint density at radius 2 is 2.58 bits per heavy atom. The third-order valence-electron chi connectivity index (χ3n) is 1.57. The van der Waals surface area contributed by atoms with Crippen molar-refractivity contribution in [1.82, 2.24) is 5.32 Å². The van der Waals surface area contributed by atoms with Crippen molar-refractivity contribution in [2.45, 2.75) is 13.0 Å².